The Hall–Kier alpha value is -2.38. The van der Waals surface area contributed by atoms with Crippen LogP contribution in [0, 0.1) is 19.8 Å². The van der Waals surface area contributed by atoms with Crippen LogP contribution in [0.25, 0.3) is 0 Å². The number of carbonyl (C=O) groups is 3. The lowest BCUT2D eigenvalue weighted by atomic mass is 10.1. The maximum Gasteiger partial charge on any atom is 0.342 e. The Kier molecular flexibility index (Phi) is 6.59. The van der Waals surface area contributed by atoms with Gasteiger partial charge in [0.2, 0.25) is 5.91 Å². The number of aryl methyl sites for hydroxylation is 1. The van der Waals surface area contributed by atoms with Crippen molar-refractivity contribution < 1.29 is 19.1 Å². The molecule has 0 bridgehead atoms. The van der Waals surface area contributed by atoms with Crippen molar-refractivity contribution in [3.63, 3.8) is 0 Å². The predicted molar refractivity (Wildman–Crippen MR) is 113 cm³/mol. The molecule has 1 atom stereocenters. The molecule has 0 saturated heterocycles. The van der Waals surface area contributed by atoms with Crippen LogP contribution >= 0.6 is 22.9 Å². The van der Waals surface area contributed by atoms with Crippen molar-refractivity contribution in [1.82, 2.24) is 5.32 Å². The fourth-order valence-corrected chi connectivity index (χ4v) is 3.91. The number of ether oxygens (including phenoxy) is 1. The number of benzene rings is 1. The van der Waals surface area contributed by atoms with Gasteiger partial charge < -0.3 is 15.4 Å². The fourth-order valence-electron chi connectivity index (χ4n) is 2.73. The molecule has 2 aromatic rings. The number of rotatable bonds is 7. The monoisotopic (exact) mass is 434 g/mol. The van der Waals surface area contributed by atoms with E-state index in [9.17, 15) is 14.4 Å². The predicted octanol–water partition coefficient (Wildman–Crippen LogP) is 4.23. The van der Waals surface area contributed by atoms with Gasteiger partial charge in [-0.3, -0.25) is 9.59 Å². The first-order valence-electron chi connectivity index (χ1n) is 9.40. The molecule has 1 aromatic carbocycles. The van der Waals surface area contributed by atoms with Crippen molar-refractivity contribution in [3.05, 3.63) is 50.9 Å². The van der Waals surface area contributed by atoms with Crippen LogP contribution in [0.4, 0.5) is 5.00 Å². The molecule has 2 amide bonds. The van der Waals surface area contributed by atoms with Gasteiger partial charge in [0.25, 0.3) is 5.91 Å². The highest BCUT2D eigenvalue weighted by molar-refractivity contribution is 7.16. The highest BCUT2D eigenvalue weighted by Crippen LogP contribution is 2.36. The van der Waals surface area contributed by atoms with Gasteiger partial charge in [-0.05, 0) is 56.9 Å². The molecule has 154 valence electrons. The molecule has 0 spiro atoms. The first kappa shape index (κ1) is 21.3. The lowest BCUT2D eigenvalue weighted by molar-refractivity contribution is -0.129. The minimum absolute atomic E-state index is 0.0270. The van der Waals surface area contributed by atoms with Crippen molar-refractivity contribution in [2.45, 2.75) is 46.3 Å². The second-order valence-corrected chi connectivity index (χ2v) is 8.80. The zero-order valence-electron chi connectivity index (χ0n) is 16.5. The number of hydrogen-bond donors (Lipinski definition) is 2. The average molecular weight is 435 g/mol. The van der Waals surface area contributed by atoms with Gasteiger partial charge in [-0.2, -0.15) is 0 Å². The molecule has 0 aliphatic heterocycles. The summed E-state index contributed by atoms with van der Waals surface area (Å²) in [5.74, 6) is -1.07. The van der Waals surface area contributed by atoms with Crippen LogP contribution in [0.1, 0.15) is 46.1 Å². The zero-order chi connectivity index (χ0) is 21.1. The van der Waals surface area contributed by atoms with E-state index >= 15 is 0 Å². The number of hydrogen-bond acceptors (Lipinski definition) is 5. The third-order valence-electron chi connectivity index (χ3n) is 4.81. The number of carbonyl (C=O) groups excluding carboxylic acids is 3. The molecule has 2 N–H and O–H groups in total. The number of halogens is 1. The van der Waals surface area contributed by atoms with E-state index in [1.54, 1.807) is 19.1 Å². The number of amides is 2. The van der Waals surface area contributed by atoms with Crippen LogP contribution in [0.3, 0.4) is 0 Å². The maximum absolute atomic E-state index is 12.7. The Bertz CT molecular complexity index is 935. The Labute approximate surface area is 178 Å². The molecule has 1 saturated carbocycles. The standard InChI is InChI=1S/C21H23ClN2O4S/c1-11-13(3)29-20(24-19(26)15-6-7-15)17(11)21(27)28-12(2)18(25)23-10-14-4-8-16(22)9-5-14/h4-5,8-9,12,15H,6-7,10H2,1-3H3,(H,23,25)(H,24,26). The van der Waals surface area contributed by atoms with Gasteiger partial charge in [0, 0.05) is 22.4 Å². The summed E-state index contributed by atoms with van der Waals surface area (Å²) >= 11 is 7.19. The van der Waals surface area contributed by atoms with E-state index < -0.39 is 18.0 Å². The van der Waals surface area contributed by atoms with Crippen molar-refractivity contribution in [2.75, 3.05) is 5.32 Å². The Morgan fingerprint density at radius 2 is 1.86 bits per heavy atom. The molecule has 8 heteroatoms. The summed E-state index contributed by atoms with van der Waals surface area (Å²) in [4.78, 5) is 38.1. The number of esters is 1. The van der Waals surface area contributed by atoms with Gasteiger partial charge in [-0.15, -0.1) is 11.3 Å². The van der Waals surface area contributed by atoms with Crippen LogP contribution in [0.2, 0.25) is 5.02 Å². The summed E-state index contributed by atoms with van der Waals surface area (Å²) in [6, 6.07) is 7.11. The van der Waals surface area contributed by atoms with Gasteiger partial charge in [-0.25, -0.2) is 4.79 Å². The molecule has 29 heavy (non-hydrogen) atoms. The van der Waals surface area contributed by atoms with E-state index in [0.717, 1.165) is 28.8 Å². The molecule has 1 aliphatic rings. The number of nitrogens with one attached hydrogen (secondary N) is 2. The molecular formula is C21H23ClN2O4S. The van der Waals surface area contributed by atoms with E-state index in [-0.39, 0.29) is 11.8 Å². The van der Waals surface area contributed by atoms with Crippen molar-refractivity contribution in [1.29, 1.82) is 0 Å². The quantitative estimate of drug-likeness (QED) is 0.638. The number of anilines is 1. The first-order chi connectivity index (χ1) is 13.8. The maximum atomic E-state index is 12.7. The highest BCUT2D eigenvalue weighted by Gasteiger charge is 2.32. The summed E-state index contributed by atoms with van der Waals surface area (Å²) in [6.45, 7) is 5.51. The van der Waals surface area contributed by atoms with Gasteiger partial charge >= 0.3 is 5.97 Å². The molecule has 3 rings (SSSR count). The van der Waals surface area contributed by atoms with E-state index in [1.165, 1.54) is 18.3 Å². The second-order valence-electron chi connectivity index (χ2n) is 7.14. The minimum Gasteiger partial charge on any atom is -0.449 e. The Morgan fingerprint density at radius 1 is 1.21 bits per heavy atom. The second kappa shape index (κ2) is 8.97. The SMILES string of the molecule is Cc1sc(NC(=O)C2CC2)c(C(=O)OC(C)C(=O)NCc2ccc(Cl)cc2)c1C. The Balaban J connectivity index is 1.61. The van der Waals surface area contributed by atoms with Crippen molar-refractivity contribution in [3.8, 4) is 0 Å². The van der Waals surface area contributed by atoms with E-state index in [1.807, 2.05) is 19.1 Å². The van der Waals surface area contributed by atoms with E-state index in [0.29, 0.717) is 22.1 Å². The molecule has 1 heterocycles. The minimum atomic E-state index is -0.971. The lowest BCUT2D eigenvalue weighted by Gasteiger charge is -2.14. The fraction of sp³-hybridized carbons (Fsp3) is 0.381. The smallest absolute Gasteiger partial charge is 0.342 e. The summed E-state index contributed by atoms with van der Waals surface area (Å²) in [7, 11) is 0. The summed E-state index contributed by atoms with van der Waals surface area (Å²) in [5.41, 5.74) is 1.95. The van der Waals surface area contributed by atoms with E-state index in [2.05, 4.69) is 10.6 Å². The normalized spacial score (nSPS) is 14.2. The Morgan fingerprint density at radius 3 is 2.48 bits per heavy atom. The lowest BCUT2D eigenvalue weighted by Crippen LogP contribution is -2.35. The van der Waals surface area contributed by atoms with Gasteiger partial charge in [0.05, 0.1) is 5.56 Å². The largest absolute Gasteiger partial charge is 0.449 e. The van der Waals surface area contributed by atoms with Gasteiger partial charge in [0.1, 0.15) is 5.00 Å². The molecule has 1 unspecified atom stereocenters. The summed E-state index contributed by atoms with van der Waals surface area (Å²) in [5, 5.41) is 6.68. The van der Waals surface area contributed by atoms with Crippen molar-refractivity contribution >= 4 is 45.7 Å². The van der Waals surface area contributed by atoms with Crippen LogP contribution in [0.5, 0.6) is 0 Å². The molecule has 0 radical (unpaired) electrons. The first-order valence-corrected chi connectivity index (χ1v) is 10.6. The van der Waals surface area contributed by atoms with Gasteiger partial charge in [0.15, 0.2) is 6.10 Å². The molecular weight excluding hydrogens is 412 g/mol. The van der Waals surface area contributed by atoms with Crippen LogP contribution < -0.4 is 10.6 Å². The molecule has 1 fully saturated rings. The summed E-state index contributed by atoms with van der Waals surface area (Å²) < 4.78 is 5.38. The van der Waals surface area contributed by atoms with Crippen molar-refractivity contribution in [2.24, 2.45) is 5.92 Å². The average Bonchev–Trinajstić information content (AvgIpc) is 3.48. The van der Waals surface area contributed by atoms with Gasteiger partial charge in [-0.1, -0.05) is 23.7 Å². The highest BCUT2D eigenvalue weighted by atomic mass is 35.5. The molecule has 1 aromatic heterocycles. The molecule has 1 aliphatic carbocycles. The third kappa shape index (κ3) is 5.36. The van der Waals surface area contributed by atoms with Crippen LogP contribution in [-0.4, -0.2) is 23.9 Å². The van der Waals surface area contributed by atoms with Crippen LogP contribution in [-0.2, 0) is 20.9 Å². The van der Waals surface area contributed by atoms with E-state index in [4.69, 9.17) is 16.3 Å². The zero-order valence-corrected chi connectivity index (χ0v) is 18.1. The number of thiophene rings is 1. The topological polar surface area (TPSA) is 84.5 Å². The third-order valence-corrected chi connectivity index (χ3v) is 6.18. The van der Waals surface area contributed by atoms with Crippen LogP contribution in [0.15, 0.2) is 24.3 Å². The summed E-state index contributed by atoms with van der Waals surface area (Å²) in [6.07, 6.45) is 0.779. The molecule has 6 nitrogen and oxygen atoms in total.